The smallest absolute Gasteiger partial charge is 0.196 e. The first-order valence-corrected chi connectivity index (χ1v) is 10.3. The molecule has 0 radical (unpaired) electrons. The summed E-state index contributed by atoms with van der Waals surface area (Å²) in [6.07, 6.45) is 0. The van der Waals surface area contributed by atoms with Crippen LogP contribution in [0.4, 0.5) is 0 Å². The minimum absolute atomic E-state index is 0.128. The van der Waals surface area contributed by atoms with E-state index >= 15 is 0 Å². The fourth-order valence-corrected chi connectivity index (χ4v) is 3.90. The molecule has 31 heavy (non-hydrogen) atoms. The van der Waals surface area contributed by atoms with Crippen LogP contribution < -0.4 is 0 Å². The van der Waals surface area contributed by atoms with Crippen LogP contribution in [0.1, 0.15) is 31.8 Å². The highest BCUT2D eigenvalue weighted by Crippen LogP contribution is 2.33. The molecular weight excluding hydrogens is 431 g/mol. The summed E-state index contributed by atoms with van der Waals surface area (Å²) in [5, 5.41) is 2.80. The molecular formula is C26H14Cl2O3. The Bertz CT molecular complexity index is 1460. The molecule has 0 aliphatic carbocycles. The van der Waals surface area contributed by atoms with Crippen LogP contribution in [0.5, 0.6) is 0 Å². The Labute approximate surface area is 187 Å². The third-order valence-corrected chi connectivity index (χ3v) is 5.72. The Morgan fingerprint density at radius 1 is 0.613 bits per heavy atom. The van der Waals surface area contributed by atoms with Crippen LogP contribution >= 0.6 is 23.2 Å². The number of carbonyl (C=O) groups excluding carboxylic acids is 2. The van der Waals surface area contributed by atoms with Crippen molar-refractivity contribution in [3.63, 3.8) is 0 Å². The second-order valence-corrected chi connectivity index (χ2v) is 8.04. The maximum absolute atomic E-state index is 13.1. The topological polar surface area (TPSA) is 47.3 Å². The van der Waals surface area contributed by atoms with Gasteiger partial charge in [-0.15, -0.1) is 0 Å². The van der Waals surface area contributed by atoms with Crippen molar-refractivity contribution in [2.24, 2.45) is 0 Å². The van der Waals surface area contributed by atoms with E-state index in [1.807, 2.05) is 18.2 Å². The Kier molecular flexibility index (Phi) is 4.85. The van der Waals surface area contributed by atoms with Gasteiger partial charge in [0.2, 0.25) is 0 Å². The van der Waals surface area contributed by atoms with Crippen molar-refractivity contribution < 1.29 is 14.0 Å². The summed E-state index contributed by atoms with van der Waals surface area (Å²) in [6, 6.07) is 24.3. The van der Waals surface area contributed by atoms with Crippen LogP contribution in [-0.2, 0) is 0 Å². The molecule has 5 rings (SSSR count). The van der Waals surface area contributed by atoms with Crippen LogP contribution in [0, 0.1) is 0 Å². The first-order valence-electron chi connectivity index (χ1n) is 9.57. The lowest BCUT2D eigenvalue weighted by molar-refractivity contribution is 0.103. The highest BCUT2D eigenvalue weighted by molar-refractivity contribution is 6.31. The van der Waals surface area contributed by atoms with Gasteiger partial charge in [0.1, 0.15) is 11.2 Å². The number of halogens is 2. The SMILES string of the molecule is O=C(c1ccc(Cl)cc1)c1ccc2c(c1)oc1c(C(=O)c3ccc(Cl)cc3)cccc12. The van der Waals surface area contributed by atoms with Crippen molar-refractivity contribution in [1.29, 1.82) is 0 Å². The second kappa shape index (κ2) is 7.69. The van der Waals surface area contributed by atoms with Crippen molar-refractivity contribution in [2.75, 3.05) is 0 Å². The Morgan fingerprint density at radius 3 is 1.84 bits per heavy atom. The molecule has 0 saturated heterocycles. The zero-order chi connectivity index (χ0) is 21.5. The van der Waals surface area contributed by atoms with Crippen molar-refractivity contribution in [3.05, 3.63) is 117 Å². The van der Waals surface area contributed by atoms with Gasteiger partial charge in [-0.3, -0.25) is 9.59 Å². The summed E-state index contributed by atoms with van der Waals surface area (Å²) < 4.78 is 6.08. The molecule has 0 fully saturated rings. The van der Waals surface area contributed by atoms with Crippen LogP contribution in [0.15, 0.2) is 89.3 Å². The Balaban J connectivity index is 1.60. The van der Waals surface area contributed by atoms with Crippen molar-refractivity contribution in [1.82, 2.24) is 0 Å². The van der Waals surface area contributed by atoms with E-state index in [0.29, 0.717) is 43.5 Å². The molecule has 0 N–H and O–H groups in total. The fraction of sp³-hybridized carbons (Fsp3) is 0. The van der Waals surface area contributed by atoms with E-state index in [1.54, 1.807) is 66.7 Å². The molecule has 0 amide bonds. The van der Waals surface area contributed by atoms with Gasteiger partial charge < -0.3 is 4.42 Å². The van der Waals surface area contributed by atoms with E-state index in [9.17, 15) is 9.59 Å². The molecule has 1 aromatic heterocycles. The molecule has 5 heteroatoms. The molecule has 4 aromatic carbocycles. The monoisotopic (exact) mass is 444 g/mol. The number of hydrogen-bond acceptors (Lipinski definition) is 3. The minimum atomic E-state index is -0.154. The van der Waals surface area contributed by atoms with Gasteiger partial charge in [0.15, 0.2) is 11.6 Å². The van der Waals surface area contributed by atoms with E-state index in [2.05, 4.69) is 0 Å². The van der Waals surface area contributed by atoms with Gasteiger partial charge >= 0.3 is 0 Å². The maximum Gasteiger partial charge on any atom is 0.196 e. The third-order valence-electron chi connectivity index (χ3n) is 5.22. The average Bonchev–Trinajstić information content (AvgIpc) is 3.17. The Morgan fingerprint density at radius 2 is 1.19 bits per heavy atom. The van der Waals surface area contributed by atoms with E-state index < -0.39 is 0 Å². The predicted molar refractivity (Wildman–Crippen MR) is 123 cm³/mol. The number of furan rings is 1. The molecule has 0 aliphatic heterocycles. The molecule has 150 valence electrons. The fourth-order valence-electron chi connectivity index (χ4n) is 3.64. The molecule has 0 unspecified atom stereocenters. The molecule has 0 aliphatic rings. The third kappa shape index (κ3) is 3.52. The number of para-hydroxylation sites is 1. The molecule has 0 atom stereocenters. The number of carbonyl (C=O) groups is 2. The van der Waals surface area contributed by atoms with Gasteiger partial charge in [0.25, 0.3) is 0 Å². The van der Waals surface area contributed by atoms with E-state index in [-0.39, 0.29) is 11.6 Å². The van der Waals surface area contributed by atoms with Crippen LogP contribution in [0.2, 0.25) is 10.0 Å². The lowest BCUT2D eigenvalue weighted by atomic mass is 9.99. The first kappa shape index (κ1) is 19.6. The maximum atomic E-state index is 13.1. The van der Waals surface area contributed by atoms with Crippen LogP contribution in [-0.4, -0.2) is 11.6 Å². The highest BCUT2D eigenvalue weighted by atomic mass is 35.5. The number of ketones is 2. The molecule has 0 saturated carbocycles. The zero-order valence-corrected chi connectivity index (χ0v) is 17.6. The summed E-state index contributed by atoms with van der Waals surface area (Å²) in [5.74, 6) is -0.282. The van der Waals surface area contributed by atoms with Gasteiger partial charge in [-0.1, -0.05) is 41.4 Å². The normalized spacial score (nSPS) is 11.2. The number of benzene rings is 4. The summed E-state index contributed by atoms with van der Waals surface area (Å²) >= 11 is 11.9. The van der Waals surface area contributed by atoms with E-state index in [1.165, 1.54) is 0 Å². The zero-order valence-electron chi connectivity index (χ0n) is 16.1. The molecule has 3 nitrogen and oxygen atoms in total. The van der Waals surface area contributed by atoms with E-state index in [0.717, 1.165) is 10.8 Å². The van der Waals surface area contributed by atoms with Crippen LogP contribution in [0.3, 0.4) is 0 Å². The van der Waals surface area contributed by atoms with Gasteiger partial charge in [0, 0.05) is 37.5 Å². The lowest BCUT2D eigenvalue weighted by Crippen LogP contribution is -2.01. The van der Waals surface area contributed by atoms with Crippen molar-refractivity contribution in [2.45, 2.75) is 0 Å². The van der Waals surface area contributed by atoms with Gasteiger partial charge in [-0.25, -0.2) is 0 Å². The predicted octanol–water partition coefficient (Wildman–Crippen LogP) is 7.35. The minimum Gasteiger partial charge on any atom is -0.455 e. The molecule has 0 bridgehead atoms. The molecule has 1 heterocycles. The van der Waals surface area contributed by atoms with E-state index in [4.69, 9.17) is 27.6 Å². The first-order chi connectivity index (χ1) is 15.0. The number of rotatable bonds is 4. The van der Waals surface area contributed by atoms with Gasteiger partial charge in [-0.05, 0) is 66.7 Å². The standard InChI is InChI=1S/C26H14Cl2O3/c27-18-9-4-15(5-10-18)24(29)17-8-13-20-21-2-1-3-22(26(21)31-23(20)14-17)25(30)16-6-11-19(28)12-7-16/h1-14H. The van der Waals surface area contributed by atoms with Crippen LogP contribution in [0.25, 0.3) is 21.9 Å². The van der Waals surface area contributed by atoms with Crippen molar-refractivity contribution >= 4 is 56.7 Å². The van der Waals surface area contributed by atoms with Gasteiger partial charge in [-0.2, -0.15) is 0 Å². The quantitative estimate of drug-likeness (QED) is 0.272. The molecule has 0 spiro atoms. The lowest BCUT2D eigenvalue weighted by Gasteiger charge is -2.02. The summed E-state index contributed by atoms with van der Waals surface area (Å²) in [7, 11) is 0. The molecule has 5 aromatic rings. The number of fused-ring (bicyclic) bond motifs is 3. The van der Waals surface area contributed by atoms with Gasteiger partial charge in [0.05, 0.1) is 5.56 Å². The number of hydrogen-bond donors (Lipinski definition) is 0. The Hall–Kier alpha value is -3.40. The summed E-state index contributed by atoms with van der Waals surface area (Å²) in [4.78, 5) is 25.9. The summed E-state index contributed by atoms with van der Waals surface area (Å²) in [6.45, 7) is 0. The largest absolute Gasteiger partial charge is 0.455 e. The average molecular weight is 445 g/mol. The second-order valence-electron chi connectivity index (χ2n) is 7.17. The van der Waals surface area contributed by atoms with Crippen molar-refractivity contribution in [3.8, 4) is 0 Å². The summed E-state index contributed by atoms with van der Waals surface area (Å²) in [5.41, 5.74) is 3.06. The highest BCUT2D eigenvalue weighted by Gasteiger charge is 2.18.